The molecule has 148 valence electrons. The second-order valence-corrected chi connectivity index (χ2v) is 8.29. The molecule has 4 rings (SSSR count). The van der Waals surface area contributed by atoms with E-state index in [9.17, 15) is 9.59 Å². The molecule has 0 bridgehead atoms. The molecule has 3 aromatic heterocycles. The lowest BCUT2D eigenvalue weighted by Gasteiger charge is -2.09. The van der Waals surface area contributed by atoms with Crippen molar-refractivity contribution in [1.82, 2.24) is 14.7 Å². The predicted octanol–water partition coefficient (Wildman–Crippen LogP) is 4.17. The first-order valence-electron chi connectivity index (χ1n) is 9.01. The maximum Gasteiger partial charge on any atom is 0.272 e. The van der Waals surface area contributed by atoms with Gasteiger partial charge in [-0.1, -0.05) is 47.3 Å². The van der Waals surface area contributed by atoms with Gasteiger partial charge in [0.1, 0.15) is 10.5 Å². The summed E-state index contributed by atoms with van der Waals surface area (Å²) in [6.07, 6.45) is 0. The van der Waals surface area contributed by atoms with Crippen LogP contribution in [0.1, 0.15) is 12.7 Å². The van der Waals surface area contributed by atoms with Crippen molar-refractivity contribution in [2.75, 3.05) is 11.1 Å². The number of nitrogens with one attached hydrogen (secondary N) is 1. The lowest BCUT2D eigenvalue weighted by atomic mass is 10.2. The number of thioether (sulfide) groups is 1. The van der Waals surface area contributed by atoms with Crippen molar-refractivity contribution in [3.63, 3.8) is 0 Å². The van der Waals surface area contributed by atoms with Crippen LogP contribution in [0, 0.1) is 6.92 Å². The van der Waals surface area contributed by atoms with E-state index >= 15 is 0 Å². The Kier molecular flexibility index (Phi) is 5.50. The molecule has 0 saturated heterocycles. The van der Waals surface area contributed by atoms with E-state index in [4.69, 9.17) is 4.52 Å². The lowest BCUT2D eigenvalue weighted by molar-refractivity contribution is -0.113. The number of aryl methyl sites for hydroxylation is 1. The summed E-state index contributed by atoms with van der Waals surface area (Å²) in [4.78, 5) is 30.8. The van der Waals surface area contributed by atoms with Crippen LogP contribution >= 0.6 is 23.1 Å². The largest absolute Gasteiger partial charge is 0.360 e. The normalized spacial score (nSPS) is 11.1. The molecule has 0 radical (unpaired) electrons. The number of fused-ring (bicyclic) bond motifs is 1. The van der Waals surface area contributed by atoms with Crippen molar-refractivity contribution in [2.24, 2.45) is 0 Å². The molecule has 0 saturated carbocycles. The molecule has 0 spiro atoms. The number of carbonyl (C=O) groups is 1. The third-order valence-corrected chi connectivity index (χ3v) is 6.34. The monoisotopic (exact) mass is 426 g/mol. The van der Waals surface area contributed by atoms with Crippen LogP contribution in [0.25, 0.3) is 20.7 Å². The highest BCUT2D eigenvalue weighted by molar-refractivity contribution is 7.99. The minimum absolute atomic E-state index is 0.0836. The zero-order valence-electron chi connectivity index (χ0n) is 15.8. The summed E-state index contributed by atoms with van der Waals surface area (Å²) < 4.78 is 7.16. The Labute approximate surface area is 174 Å². The molecular formula is C20H18N4O3S2. The molecule has 1 amide bonds. The molecule has 1 N–H and O–H groups in total. The first-order valence-corrected chi connectivity index (χ1v) is 10.8. The fourth-order valence-electron chi connectivity index (χ4n) is 2.86. The molecule has 7 nitrogen and oxygen atoms in total. The number of hydrogen-bond donors (Lipinski definition) is 1. The van der Waals surface area contributed by atoms with Crippen LogP contribution in [0.15, 0.2) is 56.9 Å². The van der Waals surface area contributed by atoms with Gasteiger partial charge < -0.3 is 9.84 Å². The average Bonchev–Trinajstić information content (AvgIpc) is 3.33. The molecule has 0 aliphatic heterocycles. The second-order valence-electron chi connectivity index (χ2n) is 6.29. The van der Waals surface area contributed by atoms with Gasteiger partial charge in [-0.2, -0.15) is 0 Å². The van der Waals surface area contributed by atoms with Gasteiger partial charge in [0.25, 0.3) is 5.56 Å². The van der Waals surface area contributed by atoms with Crippen LogP contribution in [0.5, 0.6) is 0 Å². The van der Waals surface area contributed by atoms with Gasteiger partial charge in [-0.3, -0.25) is 14.2 Å². The highest BCUT2D eigenvalue weighted by Crippen LogP contribution is 2.31. The van der Waals surface area contributed by atoms with Gasteiger partial charge >= 0.3 is 0 Å². The van der Waals surface area contributed by atoms with Gasteiger partial charge in [-0.15, -0.1) is 11.3 Å². The van der Waals surface area contributed by atoms with Crippen LogP contribution in [0.2, 0.25) is 0 Å². The number of amides is 1. The zero-order chi connectivity index (χ0) is 20.4. The third-order valence-electron chi connectivity index (χ3n) is 4.20. The van der Waals surface area contributed by atoms with Gasteiger partial charge in [0.2, 0.25) is 5.91 Å². The van der Waals surface area contributed by atoms with Gasteiger partial charge in [0.05, 0.1) is 11.3 Å². The number of rotatable bonds is 6. The molecule has 0 unspecified atom stereocenters. The highest BCUT2D eigenvalue weighted by atomic mass is 32.2. The molecule has 0 atom stereocenters. The van der Waals surface area contributed by atoms with Gasteiger partial charge in [0.15, 0.2) is 11.0 Å². The van der Waals surface area contributed by atoms with E-state index in [2.05, 4.69) is 15.5 Å². The SMILES string of the molecule is CCn1c(SCC(=O)Nc2cc(C)on2)nc2cc(-c3ccccc3)sc2c1=O. The zero-order valence-corrected chi connectivity index (χ0v) is 17.5. The van der Waals surface area contributed by atoms with Crippen molar-refractivity contribution >= 4 is 45.0 Å². The summed E-state index contributed by atoms with van der Waals surface area (Å²) in [5.41, 5.74) is 1.62. The van der Waals surface area contributed by atoms with Crippen LogP contribution in [-0.4, -0.2) is 26.4 Å². The van der Waals surface area contributed by atoms with Crippen LogP contribution < -0.4 is 10.9 Å². The molecule has 0 aliphatic rings. The van der Waals surface area contributed by atoms with Crippen molar-refractivity contribution in [3.05, 3.63) is 58.6 Å². The van der Waals surface area contributed by atoms with Gasteiger partial charge in [0, 0.05) is 17.5 Å². The number of benzene rings is 1. The number of thiophene rings is 1. The molecule has 4 aromatic rings. The predicted molar refractivity (Wildman–Crippen MR) is 116 cm³/mol. The first-order chi connectivity index (χ1) is 14.0. The average molecular weight is 427 g/mol. The Morgan fingerprint density at radius 2 is 2.07 bits per heavy atom. The van der Waals surface area contributed by atoms with Crippen molar-refractivity contribution in [1.29, 1.82) is 0 Å². The summed E-state index contributed by atoms with van der Waals surface area (Å²) in [5.74, 6) is 0.858. The smallest absolute Gasteiger partial charge is 0.272 e. The molecule has 0 aliphatic carbocycles. The van der Waals surface area contributed by atoms with Crippen LogP contribution in [-0.2, 0) is 11.3 Å². The maximum absolute atomic E-state index is 13.0. The molecule has 3 heterocycles. The summed E-state index contributed by atoms with van der Waals surface area (Å²) in [6.45, 7) is 4.12. The molecular weight excluding hydrogens is 408 g/mol. The Balaban J connectivity index is 1.60. The van der Waals surface area contributed by atoms with Crippen molar-refractivity contribution < 1.29 is 9.32 Å². The Morgan fingerprint density at radius 3 is 2.76 bits per heavy atom. The van der Waals surface area contributed by atoms with Crippen molar-refractivity contribution in [3.8, 4) is 10.4 Å². The second kappa shape index (κ2) is 8.22. The summed E-state index contributed by atoms with van der Waals surface area (Å²) >= 11 is 2.67. The Morgan fingerprint density at radius 1 is 1.28 bits per heavy atom. The van der Waals surface area contributed by atoms with E-state index in [1.807, 2.05) is 43.3 Å². The summed E-state index contributed by atoms with van der Waals surface area (Å²) in [5, 5.41) is 6.94. The van der Waals surface area contributed by atoms with Crippen LogP contribution in [0.3, 0.4) is 0 Å². The fraction of sp³-hybridized carbons (Fsp3) is 0.200. The number of carbonyl (C=O) groups excluding carboxylic acids is 1. The van der Waals surface area contributed by atoms with E-state index < -0.39 is 0 Å². The topological polar surface area (TPSA) is 90.0 Å². The quantitative estimate of drug-likeness (QED) is 0.368. The number of nitrogens with zero attached hydrogens (tertiary/aromatic N) is 3. The minimum Gasteiger partial charge on any atom is -0.360 e. The fourth-order valence-corrected chi connectivity index (χ4v) is 4.77. The Hall–Kier alpha value is -2.91. The molecule has 9 heteroatoms. The van der Waals surface area contributed by atoms with E-state index in [-0.39, 0.29) is 17.2 Å². The number of aromatic nitrogens is 3. The standard InChI is InChI=1S/C20H18N4O3S2/c1-3-24-19(26)18-14(10-15(29-18)13-7-5-4-6-8-13)21-20(24)28-11-17(25)22-16-9-12(2)27-23-16/h4-10H,3,11H2,1-2H3,(H,22,23,25). The highest BCUT2D eigenvalue weighted by Gasteiger charge is 2.16. The van der Waals surface area contributed by atoms with Gasteiger partial charge in [-0.05, 0) is 25.5 Å². The number of hydrogen-bond acceptors (Lipinski definition) is 7. The first kappa shape index (κ1) is 19.4. The van der Waals surface area contributed by atoms with E-state index in [1.165, 1.54) is 23.1 Å². The molecule has 29 heavy (non-hydrogen) atoms. The van der Waals surface area contributed by atoms with Crippen molar-refractivity contribution in [2.45, 2.75) is 25.5 Å². The van der Waals surface area contributed by atoms with Gasteiger partial charge in [-0.25, -0.2) is 4.98 Å². The van der Waals surface area contributed by atoms with E-state index in [0.717, 1.165) is 10.4 Å². The Bertz CT molecular complexity index is 1230. The summed E-state index contributed by atoms with van der Waals surface area (Å²) in [6, 6.07) is 13.5. The van der Waals surface area contributed by atoms with E-state index in [1.54, 1.807) is 17.6 Å². The minimum atomic E-state index is -0.240. The third kappa shape index (κ3) is 4.10. The van der Waals surface area contributed by atoms with E-state index in [0.29, 0.717) is 33.5 Å². The molecule has 0 fully saturated rings. The summed E-state index contributed by atoms with van der Waals surface area (Å²) in [7, 11) is 0. The molecule has 1 aromatic carbocycles. The maximum atomic E-state index is 13.0. The lowest BCUT2D eigenvalue weighted by Crippen LogP contribution is -2.22. The van der Waals surface area contributed by atoms with Crippen LogP contribution in [0.4, 0.5) is 5.82 Å². The number of anilines is 1.